The second-order valence-electron chi connectivity index (χ2n) is 7.06. The van der Waals surface area contributed by atoms with Gasteiger partial charge in [0.1, 0.15) is 0 Å². The predicted molar refractivity (Wildman–Crippen MR) is 126 cm³/mol. The number of thiazole rings is 1. The van der Waals surface area contributed by atoms with Crippen molar-refractivity contribution in [3.05, 3.63) is 63.6 Å². The molecule has 0 saturated carbocycles. The number of rotatable bonds is 6. The third-order valence-electron chi connectivity index (χ3n) is 4.88. The van der Waals surface area contributed by atoms with Gasteiger partial charge in [0.15, 0.2) is 5.13 Å². The highest BCUT2D eigenvalue weighted by Gasteiger charge is 2.20. The van der Waals surface area contributed by atoms with E-state index in [9.17, 15) is 13.2 Å². The summed E-state index contributed by atoms with van der Waals surface area (Å²) in [6, 6.07) is 11.6. The number of amides is 1. The maximum absolute atomic E-state index is 12.8. The summed E-state index contributed by atoms with van der Waals surface area (Å²) in [7, 11) is -3.82. The fourth-order valence-electron chi connectivity index (χ4n) is 3.19. The van der Waals surface area contributed by atoms with Gasteiger partial charge < -0.3 is 9.64 Å². The Morgan fingerprint density at radius 3 is 2.44 bits per heavy atom. The number of hydrogen-bond donors (Lipinski definition) is 1. The number of anilines is 1. The Morgan fingerprint density at radius 1 is 1.06 bits per heavy atom. The van der Waals surface area contributed by atoms with Gasteiger partial charge in [-0.1, -0.05) is 41.4 Å². The van der Waals surface area contributed by atoms with Gasteiger partial charge in [-0.05, 0) is 35.4 Å². The number of nitrogens with one attached hydrogen (secondary N) is 1. The Balaban J connectivity index is 1.43. The number of ether oxygens (including phenoxy) is 1. The van der Waals surface area contributed by atoms with Crippen molar-refractivity contribution in [2.45, 2.75) is 11.3 Å². The average Bonchev–Trinajstić information content (AvgIpc) is 3.22. The van der Waals surface area contributed by atoms with E-state index < -0.39 is 10.0 Å². The van der Waals surface area contributed by atoms with Crippen LogP contribution >= 0.6 is 34.5 Å². The lowest BCUT2D eigenvalue weighted by molar-refractivity contribution is -0.134. The summed E-state index contributed by atoms with van der Waals surface area (Å²) in [5.74, 6) is -0.0238. The highest BCUT2D eigenvalue weighted by molar-refractivity contribution is 7.93. The fraction of sp³-hybridized carbons (Fsp3) is 0.238. The summed E-state index contributed by atoms with van der Waals surface area (Å²) >= 11 is 13.2. The second kappa shape index (κ2) is 9.76. The summed E-state index contributed by atoms with van der Waals surface area (Å²) in [5.41, 5.74) is 1.63. The van der Waals surface area contributed by atoms with Gasteiger partial charge in [0.25, 0.3) is 10.0 Å². The van der Waals surface area contributed by atoms with Crippen LogP contribution in [0.5, 0.6) is 0 Å². The Morgan fingerprint density at radius 2 is 1.75 bits per heavy atom. The molecule has 1 aliphatic rings. The number of carbonyl (C=O) groups excluding carboxylic acids is 1. The lowest BCUT2D eigenvalue weighted by Crippen LogP contribution is -2.41. The van der Waals surface area contributed by atoms with Crippen LogP contribution in [0, 0.1) is 0 Å². The Bertz CT molecular complexity index is 1220. The van der Waals surface area contributed by atoms with Gasteiger partial charge in [-0.3, -0.25) is 9.52 Å². The zero-order valence-electron chi connectivity index (χ0n) is 16.8. The second-order valence-corrected chi connectivity index (χ2v) is 10.7. The Kier molecular flexibility index (Phi) is 7.02. The largest absolute Gasteiger partial charge is 0.378 e. The number of nitrogens with zero attached hydrogens (tertiary/aromatic N) is 2. The van der Waals surface area contributed by atoms with Gasteiger partial charge in [0.05, 0.1) is 34.6 Å². The molecule has 2 heterocycles. The Hall–Kier alpha value is -2.17. The van der Waals surface area contributed by atoms with E-state index in [0.717, 1.165) is 22.5 Å². The molecule has 11 heteroatoms. The number of halogens is 2. The van der Waals surface area contributed by atoms with Crippen LogP contribution in [0.3, 0.4) is 0 Å². The van der Waals surface area contributed by atoms with Crippen LogP contribution in [0.15, 0.2) is 53.6 Å². The lowest BCUT2D eigenvalue weighted by atomic mass is 10.1. The molecular formula is C21H19Cl2N3O4S2. The van der Waals surface area contributed by atoms with Crippen LogP contribution < -0.4 is 4.72 Å². The average molecular weight is 512 g/mol. The standard InChI is InChI=1S/C21H19Cl2N3O4S2/c22-18-6-3-15(11-19(18)23)14-1-4-17(5-2-14)32(28,29)25-21-24-13-16(31-21)12-20(27)26-7-9-30-10-8-26/h1-6,11,13H,7-10,12H2,(H,24,25). The number of hydrogen-bond acceptors (Lipinski definition) is 6. The van der Waals surface area contributed by atoms with Gasteiger partial charge in [-0.15, -0.1) is 11.3 Å². The van der Waals surface area contributed by atoms with Gasteiger partial charge in [0, 0.05) is 24.2 Å². The zero-order chi connectivity index (χ0) is 22.7. The van der Waals surface area contributed by atoms with Gasteiger partial charge in [0.2, 0.25) is 5.91 Å². The molecule has 1 aliphatic heterocycles. The minimum atomic E-state index is -3.82. The van der Waals surface area contributed by atoms with Crippen LogP contribution in [0.25, 0.3) is 11.1 Å². The third kappa shape index (κ3) is 5.41. The summed E-state index contributed by atoms with van der Waals surface area (Å²) in [6.45, 7) is 2.19. The molecular weight excluding hydrogens is 493 g/mol. The summed E-state index contributed by atoms with van der Waals surface area (Å²) in [4.78, 5) is 19.0. The quantitative estimate of drug-likeness (QED) is 0.532. The summed E-state index contributed by atoms with van der Waals surface area (Å²) < 4.78 is 33.2. The van der Waals surface area contributed by atoms with E-state index in [1.54, 1.807) is 29.2 Å². The molecule has 168 valence electrons. The van der Waals surface area contributed by atoms with E-state index in [1.165, 1.54) is 18.3 Å². The molecule has 7 nitrogen and oxygen atoms in total. The minimum Gasteiger partial charge on any atom is -0.378 e. The van der Waals surface area contributed by atoms with Gasteiger partial charge in [-0.2, -0.15) is 0 Å². The van der Waals surface area contributed by atoms with E-state index in [-0.39, 0.29) is 22.4 Å². The molecule has 4 rings (SSSR count). The minimum absolute atomic E-state index is 0.0238. The van der Waals surface area contributed by atoms with Crippen molar-refractivity contribution in [3.63, 3.8) is 0 Å². The number of benzene rings is 2. The molecule has 0 spiro atoms. The summed E-state index contributed by atoms with van der Waals surface area (Å²) in [5, 5.41) is 1.09. The fourth-order valence-corrected chi connectivity index (χ4v) is 5.53. The lowest BCUT2D eigenvalue weighted by Gasteiger charge is -2.26. The van der Waals surface area contributed by atoms with Gasteiger partial charge >= 0.3 is 0 Å². The van der Waals surface area contributed by atoms with E-state index in [0.29, 0.717) is 41.2 Å². The predicted octanol–water partition coefficient (Wildman–Crippen LogP) is 4.32. The highest BCUT2D eigenvalue weighted by Crippen LogP contribution is 2.29. The van der Waals surface area contributed by atoms with Crippen LogP contribution in [-0.4, -0.2) is 50.5 Å². The number of sulfonamides is 1. The molecule has 3 aromatic rings. The molecule has 0 aliphatic carbocycles. The molecule has 32 heavy (non-hydrogen) atoms. The first-order chi connectivity index (χ1) is 15.3. The van der Waals surface area contributed by atoms with E-state index in [4.69, 9.17) is 27.9 Å². The van der Waals surface area contributed by atoms with Crippen LogP contribution in [0.2, 0.25) is 10.0 Å². The van der Waals surface area contributed by atoms with Crippen LogP contribution in [0.4, 0.5) is 5.13 Å². The smallest absolute Gasteiger partial charge is 0.263 e. The molecule has 0 unspecified atom stereocenters. The highest BCUT2D eigenvalue weighted by atomic mass is 35.5. The monoisotopic (exact) mass is 511 g/mol. The Labute approximate surface area is 200 Å². The summed E-state index contributed by atoms with van der Waals surface area (Å²) in [6.07, 6.45) is 1.70. The van der Waals surface area contributed by atoms with Crippen molar-refractivity contribution in [2.75, 3.05) is 31.0 Å². The molecule has 1 fully saturated rings. The molecule has 1 aromatic heterocycles. The number of carbonyl (C=O) groups is 1. The molecule has 1 N–H and O–H groups in total. The van der Waals surface area contributed by atoms with Gasteiger partial charge in [-0.25, -0.2) is 13.4 Å². The van der Waals surface area contributed by atoms with E-state index in [2.05, 4.69) is 9.71 Å². The maximum Gasteiger partial charge on any atom is 0.263 e. The van der Waals surface area contributed by atoms with Crippen molar-refractivity contribution >= 4 is 55.6 Å². The van der Waals surface area contributed by atoms with E-state index in [1.807, 2.05) is 6.07 Å². The maximum atomic E-state index is 12.8. The topological polar surface area (TPSA) is 88.6 Å². The SMILES string of the molecule is O=C(Cc1cnc(NS(=O)(=O)c2ccc(-c3ccc(Cl)c(Cl)c3)cc2)s1)N1CCOCC1. The van der Waals surface area contributed by atoms with Crippen LogP contribution in [-0.2, 0) is 26.0 Å². The van der Waals surface area contributed by atoms with Crippen molar-refractivity contribution in [3.8, 4) is 11.1 Å². The normalized spacial score (nSPS) is 14.4. The van der Waals surface area contributed by atoms with Crippen molar-refractivity contribution in [2.24, 2.45) is 0 Å². The first-order valence-corrected chi connectivity index (χ1v) is 12.8. The molecule has 1 amide bonds. The molecule has 2 aromatic carbocycles. The third-order valence-corrected chi connectivity index (χ3v) is 8.02. The molecule has 1 saturated heterocycles. The van der Waals surface area contributed by atoms with E-state index >= 15 is 0 Å². The number of aromatic nitrogens is 1. The van der Waals surface area contributed by atoms with Crippen molar-refractivity contribution in [1.29, 1.82) is 0 Å². The van der Waals surface area contributed by atoms with Crippen molar-refractivity contribution < 1.29 is 17.9 Å². The zero-order valence-corrected chi connectivity index (χ0v) is 19.9. The molecule has 0 bridgehead atoms. The van der Waals surface area contributed by atoms with Crippen molar-refractivity contribution in [1.82, 2.24) is 9.88 Å². The molecule has 0 radical (unpaired) electrons. The molecule has 0 atom stereocenters. The first kappa shape index (κ1) is 23.0. The first-order valence-electron chi connectivity index (χ1n) is 9.70. The van der Waals surface area contributed by atoms with Crippen LogP contribution in [0.1, 0.15) is 4.88 Å². The number of morpholine rings is 1.